The van der Waals surface area contributed by atoms with Gasteiger partial charge in [-0.25, -0.2) is 0 Å². The van der Waals surface area contributed by atoms with Crippen molar-refractivity contribution in [2.24, 2.45) is 4.40 Å². The van der Waals surface area contributed by atoms with Crippen molar-refractivity contribution in [3.8, 4) is 0 Å². The summed E-state index contributed by atoms with van der Waals surface area (Å²) in [4.78, 5) is 0.117. The number of benzene rings is 1. The zero-order valence-electron chi connectivity index (χ0n) is 11.6. The van der Waals surface area contributed by atoms with E-state index in [2.05, 4.69) is 4.40 Å². The first-order valence-corrected chi connectivity index (χ1v) is 7.75. The summed E-state index contributed by atoms with van der Waals surface area (Å²) in [6.45, 7) is 7.12. The quantitative estimate of drug-likeness (QED) is 0.464. The fourth-order valence-corrected chi connectivity index (χ4v) is 2.38. The predicted molar refractivity (Wildman–Crippen MR) is 78.5 cm³/mol. The number of hydrogen-bond acceptors (Lipinski definition) is 3. The van der Waals surface area contributed by atoms with Crippen molar-refractivity contribution < 1.29 is 17.7 Å². The fourth-order valence-electron chi connectivity index (χ4n) is 1.21. The Bertz CT molecular complexity index is 478. The average molecular weight is 323 g/mol. The van der Waals surface area contributed by atoms with E-state index in [1.54, 1.807) is 19.1 Å². The van der Waals surface area contributed by atoms with Crippen LogP contribution in [0.1, 0.15) is 33.3 Å². The van der Waals surface area contributed by atoms with Crippen molar-refractivity contribution in [1.82, 2.24) is 0 Å². The van der Waals surface area contributed by atoms with E-state index in [1.807, 2.05) is 20.8 Å². The smallest absolute Gasteiger partial charge is 0.446 e. The van der Waals surface area contributed by atoms with Crippen LogP contribution in [0.2, 0.25) is 0 Å². The molecule has 1 aromatic rings. The molecule has 0 bridgehead atoms. The minimum atomic E-state index is -4.29. The lowest BCUT2D eigenvalue weighted by Crippen LogP contribution is -2.26. The molecule has 0 aliphatic carbocycles. The van der Waals surface area contributed by atoms with Crippen LogP contribution >= 0.6 is 11.8 Å². The van der Waals surface area contributed by atoms with Gasteiger partial charge in [-0.05, 0) is 51.6 Å². The summed E-state index contributed by atoms with van der Waals surface area (Å²) in [6.07, 6.45) is 0. The molecule has 0 unspecified atom stereocenters. The molecule has 0 aromatic heterocycles. The van der Waals surface area contributed by atoms with Crippen molar-refractivity contribution >= 4 is 28.8 Å². The molecule has 0 fully saturated rings. The molecule has 1 aromatic carbocycles. The summed E-state index contributed by atoms with van der Waals surface area (Å²) in [5.41, 5.74) is -3.09. The van der Waals surface area contributed by atoms with Crippen LogP contribution < -0.4 is 0 Å². The lowest BCUT2D eigenvalue weighted by Gasteiger charge is -2.18. The first-order chi connectivity index (χ1) is 8.99. The number of hydrogen-bond donors (Lipinski definition) is 0. The maximum absolute atomic E-state index is 12.2. The summed E-state index contributed by atoms with van der Waals surface area (Å²) in [7, 11) is 0. The monoisotopic (exact) mass is 323 g/mol. The number of rotatable bonds is 3. The Morgan fingerprint density at radius 1 is 1.15 bits per heavy atom. The summed E-state index contributed by atoms with van der Waals surface area (Å²) < 4.78 is 52.1. The molecule has 0 heterocycles. The van der Waals surface area contributed by atoms with Gasteiger partial charge in [-0.1, -0.05) is 16.5 Å². The van der Waals surface area contributed by atoms with E-state index in [0.29, 0.717) is 11.3 Å². The molecule has 0 saturated heterocycles. The van der Waals surface area contributed by atoms with Gasteiger partial charge in [0, 0.05) is 10.5 Å². The fraction of sp³-hybridized carbons (Fsp3) is 0.462. The molecular weight excluding hydrogens is 307 g/mol. The first-order valence-electron chi connectivity index (χ1n) is 5.82. The van der Waals surface area contributed by atoms with Gasteiger partial charge in [0.1, 0.15) is 16.1 Å². The van der Waals surface area contributed by atoms with Gasteiger partial charge in [-0.3, -0.25) is 0 Å². The van der Waals surface area contributed by atoms with Crippen molar-refractivity contribution in [2.45, 2.75) is 42.8 Å². The Kier molecular flexibility index (Phi) is 5.57. The van der Waals surface area contributed by atoms with Crippen LogP contribution in [0.5, 0.6) is 0 Å². The molecule has 0 amide bonds. The van der Waals surface area contributed by atoms with Crippen LogP contribution in [0.4, 0.5) is 13.2 Å². The lowest BCUT2D eigenvalue weighted by molar-refractivity contribution is -0.0328. The Balaban J connectivity index is 2.86. The summed E-state index contributed by atoms with van der Waals surface area (Å²) in [6, 6.07) is 5.86. The molecule has 0 aliphatic heterocycles. The minimum Gasteiger partial charge on any atom is -0.591 e. The van der Waals surface area contributed by atoms with Gasteiger partial charge in [0.05, 0.1) is 5.71 Å². The SMILES string of the molecule is C/C(=N\[S@+]([O-])C(C)(C)C)c1ccc(SC(F)(F)F)cc1. The second-order valence-corrected chi connectivity index (χ2v) is 8.15. The molecule has 0 N–H and O–H groups in total. The molecule has 2 nitrogen and oxygen atoms in total. The lowest BCUT2D eigenvalue weighted by atomic mass is 10.1. The van der Waals surface area contributed by atoms with Crippen LogP contribution in [-0.2, 0) is 11.4 Å². The molecule has 0 spiro atoms. The van der Waals surface area contributed by atoms with Crippen LogP contribution in [0.15, 0.2) is 33.6 Å². The van der Waals surface area contributed by atoms with Gasteiger partial charge in [0.15, 0.2) is 0 Å². The third-order valence-corrected chi connectivity index (χ3v) is 4.48. The second-order valence-electron chi connectivity index (χ2n) is 5.11. The topological polar surface area (TPSA) is 35.4 Å². The van der Waals surface area contributed by atoms with Crippen LogP contribution in [0.25, 0.3) is 0 Å². The van der Waals surface area contributed by atoms with Crippen molar-refractivity contribution in [3.05, 3.63) is 29.8 Å². The van der Waals surface area contributed by atoms with Gasteiger partial charge >= 0.3 is 5.51 Å². The van der Waals surface area contributed by atoms with E-state index in [0.717, 1.165) is 0 Å². The molecule has 7 heteroatoms. The molecule has 20 heavy (non-hydrogen) atoms. The maximum atomic E-state index is 12.2. The zero-order chi connectivity index (χ0) is 15.6. The van der Waals surface area contributed by atoms with E-state index in [-0.39, 0.29) is 16.7 Å². The number of halogens is 3. The molecule has 1 atom stereocenters. The number of alkyl halides is 3. The molecule has 0 radical (unpaired) electrons. The van der Waals surface area contributed by atoms with Gasteiger partial charge in [0.2, 0.25) is 0 Å². The molecule has 0 aliphatic rings. The largest absolute Gasteiger partial charge is 0.591 e. The number of nitrogens with zero attached hydrogens (tertiary/aromatic N) is 1. The highest BCUT2D eigenvalue weighted by molar-refractivity contribution is 8.00. The van der Waals surface area contributed by atoms with E-state index in [1.165, 1.54) is 12.1 Å². The maximum Gasteiger partial charge on any atom is 0.446 e. The van der Waals surface area contributed by atoms with E-state index >= 15 is 0 Å². The summed E-state index contributed by atoms with van der Waals surface area (Å²) in [5.74, 6) is 0. The van der Waals surface area contributed by atoms with Gasteiger partial charge in [0.25, 0.3) is 0 Å². The van der Waals surface area contributed by atoms with Crippen molar-refractivity contribution in [1.29, 1.82) is 0 Å². The minimum absolute atomic E-state index is 0.117. The molecular formula is C13H16F3NOS2. The van der Waals surface area contributed by atoms with Crippen molar-refractivity contribution in [3.63, 3.8) is 0 Å². The Labute approximate surface area is 124 Å². The molecule has 1 rings (SSSR count). The average Bonchev–Trinajstić information content (AvgIpc) is 2.26. The molecule has 112 valence electrons. The van der Waals surface area contributed by atoms with Crippen LogP contribution in [0, 0.1) is 0 Å². The Morgan fingerprint density at radius 3 is 2.05 bits per heavy atom. The zero-order valence-corrected chi connectivity index (χ0v) is 13.2. The van der Waals surface area contributed by atoms with Crippen LogP contribution in [0.3, 0.4) is 0 Å². The van der Waals surface area contributed by atoms with Gasteiger partial charge in [-0.15, -0.1) is 0 Å². The third-order valence-electron chi connectivity index (χ3n) is 2.25. The normalized spacial score (nSPS) is 15.3. The van der Waals surface area contributed by atoms with E-state index in [4.69, 9.17) is 0 Å². The van der Waals surface area contributed by atoms with Gasteiger partial charge < -0.3 is 4.55 Å². The highest BCUT2D eigenvalue weighted by Crippen LogP contribution is 2.36. The third kappa shape index (κ3) is 5.76. The summed E-state index contributed by atoms with van der Waals surface area (Å²) in [5, 5.41) is 0. The van der Waals surface area contributed by atoms with E-state index < -0.39 is 21.6 Å². The first kappa shape index (κ1) is 17.4. The number of thioether (sulfide) groups is 1. The second kappa shape index (κ2) is 6.41. The Hall–Kier alpha value is -0.660. The van der Waals surface area contributed by atoms with Crippen molar-refractivity contribution in [2.75, 3.05) is 0 Å². The highest BCUT2D eigenvalue weighted by atomic mass is 32.2. The van der Waals surface area contributed by atoms with E-state index in [9.17, 15) is 17.7 Å². The Morgan fingerprint density at radius 2 is 1.65 bits per heavy atom. The van der Waals surface area contributed by atoms with Crippen LogP contribution in [-0.4, -0.2) is 20.5 Å². The highest BCUT2D eigenvalue weighted by Gasteiger charge is 2.29. The molecule has 0 saturated carbocycles. The standard InChI is InChI=1S/C13H16F3NOS2/c1-9(17-20(18)12(2,3)4)10-5-7-11(8-6-10)19-13(14,15)16/h5-8H,1-4H3/b17-9+/t20-/m1/s1. The predicted octanol–water partition coefficient (Wildman–Crippen LogP) is 4.57. The van der Waals surface area contributed by atoms with Gasteiger partial charge in [-0.2, -0.15) is 13.2 Å². The summed E-state index contributed by atoms with van der Waals surface area (Å²) >= 11 is -1.55.